The van der Waals surface area contributed by atoms with Gasteiger partial charge in [-0.25, -0.2) is 4.39 Å². The summed E-state index contributed by atoms with van der Waals surface area (Å²) in [5.74, 6) is -1.29. The van der Waals surface area contributed by atoms with Gasteiger partial charge < -0.3 is 14.6 Å². The zero-order valence-corrected chi connectivity index (χ0v) is 10.8. The van der Waals surface area contributed by atoms with Gasteiger partial charge in [-0.2, -0.15) is 0 Å². The first-order chi connectivity index (χ1) is 9.09. The Kier molecular flexibility index (Phi) is 4.04. The number of halogens is 1. The van der Waals surface area contributed by atoms with E-state index in [-0.39, 0.29) is 18.8 Å². The molecule has 1 aliphatic heterocycles. The first-order valence-electron chi connectivity index (χ1n) is 6.21. The van der Waals surface area contributed by atoms with Crippen LogP contribution in [0.1, 0.15) is 18.4 Å². The normalized spacial score (nSPS) is 23.1. The quantitative estimate of drug-likeness (QED) is 0.910. The largest absolute Gasteiger partial charge is 0.494 e. The Bertz CT molecular complexity index is 467. The predicted octanol–water partition coefficient (Wildman–Crippen LogP) is 2.26. The fourth-order valence-corrected chi connectivity index (χ4v) is 2.45. The maximum Gasteiger partial charge on any atom is 0.312 e. The molecule has 1 heterocycles. The molecule has 1 aliphatic rings. The lowest BCUT2D eigenvalue weighted by Crippen LogP contribution is -2.41. The van der Waals surface area contributed by atoms with Crippen LogP contribution in [-0.4, -0.2) is 31.4 Å². The maximum absolute atomic E-state index is 14.1. The van der Waals surface area contributed by atoms with E-state index in [0.717, 1.165) is 0 Å². The van der Waals surface area contributed by atoms with E-state index in [9.17, 15) is 14.3 Å². The van der Waals surface area contributed by atoms with Gasteiger partial charge >= 0.3 is 5.97 Å². The lowest BCUT2D eigenvalue weighted by atomic mass is 9.77. The summed E-state index contributed by atoms with van der Waals surface area (Å²) in [7, 11) is 1.39. The molecule has 1 atom stereocenters. The monoisotopic (exact) mass is 268 g/mol. The third-order valence-electron chi connectivity index (χ3n) is 3.57. The number of carboxylic acids is 1. The van der Waals surface area contributed by atoms with Crippen LogP contribution in [-0.2, 0) is 16.0 Å². The van der Waals surface area contributed by atoms with Gasteiger partial charge in [0.2, 0.25) is 0 Å². The van der Waals surface area contributed by atoms with E-state index in [1.165, 1.54) is 13.2 Å². The van der Waals surface area contributed by atoms with Crippen LogP contribution in [0.5, 0.6) is 5.75 Å². The van der Waals surface area contributed by atoms with Crippen molar-refractivity contribution in [2.75, 3.05) is 20.3 Å². The van der Waals surface area contributed by atoms with E-state index in [4.69, 9.17) is 9.47 Å². The molecule has 4 nitrogen and oxygen atoms in total. The SMILES string of the molecule is COc1cccc(CC2(C(=O)O)CCCOC2)c1F. The summed E-state index contributed by atoms with van der Waals surface area (Å²) in [5.41, 5.74) is -0.682. The number of methoxy groups -OCH3 is 1. The molecule has 1 fully saturated rings. The van der Waals surface area contributed by atoms with Crippen molar-refractivity contribution in [3.63, 3.8) is 0 Å². The van der Waals surface area contributed by atoms with Crippen molar-refractivity contribution in [3.8, 4) is 5.75 Å². The molecule has 0 radical (unpaired) electrons. The van der Waals surface area contributed by atoms with E-state index in [1.807, 2.05) is 0 Å². The van der Waals surface area contributed by atoms with Gasteiger partial charge in [-0.05, 0) is 30.9 Å². The van der Waals surface area contributed by atoms with E-state index in [2.05, 4.69) is 0 Å². The van der Waals surface area contributed by atoms with Gasteiger partial charge in [0.15, 0.2) is 11.6 Å². The minimum Gasteiger partial charge on any atom is -0.494 e. The number of benzene rings is 1. The number of hydrogen-bond acceptors (Lipinski definition) is 3. The molecule has 104 valence electrons. The van der Waals surface area contributed by atoms with Gasteiger partial charge in [0.05, 0.1) is 19.1 Å². The van der Waals surface area contributed by atoms with Crippen LogP contribution in [0.15, 0.2) is 18.2 Å². The van der Waals surface area contributed by atoms with Crippen molar-refractivity contribution in [1.29, 1.82) is 0 Å². The first kappa shape index (κ1) is 13.8. The molecule has 5 heteroatoms. The Morgan fingerprint density at radius 1 is 1.58 bits per heavy atom. The molecule has 0 aliphatic carbocycles. The number of carbonyl (C=O) groups is 1. The topological polar surface area (TPSA) is 55.8 Å². The summed E-state index contributed by atoms with van der Waals surface area (Å²) in [4.78, 5) is 11.5. The van der Waals surface area contributed by atoms with Crippen molar-refractivity contribution < 1.29 is 23.8 Å². The zero-order chi connectivity index (χ0) is 13.9. The van der Waals surface area contributed by atoms with Crippen LogP contribution in [0.4, 0.5) is 4.39 Å². The fraction of sp³-hybridized carbons (Fsp3) is 0.500. The molecule has 0 aromatic heterocycles. The number of carboxylic acid groups (broad SMARTS) is 1. The highest BCUT2D eigenvalue weighted by molar-refractivity contribution is 5.75. The summed E-state index contributed by atoms with van der Waals surface area (Å²) in [6.07, 6.45) is 1.29. The Hall–Kier alpha value is -1.62. The highest BCUT2D eigenvalue weighted by atomic mass is 19.1. The summed E-state index contributed by atoms with van der Waals surface area (Å²) in [6.45, 7) is 0.689. The molecule has 0 spiro atoms. The molecule has 1 unspecified atom stereocenters. The molecule has 2 rings (SSSR count). The average molecular weight is 268 g/mol. The molecule has 0 bridgehead atoms. The van der Waals surface area contributed by atoms with Crippen molar-refractivity contribution in [2.45, 2.75) is 19.3 Å². The van der Waals surface area contributed by atoms with E-state index >= 15 is 0 Å². The summed E-state index contributed by atoms with van der Waals surface area (Å²) >= 11 is 0. The molecule has 1 aromatic rings. The molecule has 0 amide bonds. The number of ether oxygens (including phenoxy) is 2. The Labute approximate surface area is 111 Å². The summed E-state index contributed by atoms with van der Waals surface area (Å²) in [6, 6.07) is 4.78. The minimum absolute atomic E-state index is 0.116. The third-order valence-corrected chi connectivity index (χ3v) is 3.57. The zero-order valence-electron chi connectivity index (χ0n) is 10.8. The molecule has 1 saturated heterocycles. The van der Waals surface area contributed by atoms with Gasteiger partial charge in [-0.3, -0.25) is 4.79 Å². The van der Waals surface area contributed by atoms with Gasteiger partial charge in [0, 0.05) is 6.61 Å². The summed E-state index contributed by atoms with van der Waals surface area (Å²) < 4.78 is 24.3. The van der Waals surface area contributed by atoms with Gasteiger partial charge in [-0.1, -0.05) is 12.1 Å². The molecule has 1 N–H and O–H groups in total. The number of hydrogen-bond donors (Lipinski definition) is 1. The fourth-order valence-electron chi connectivity index (χ4n) is 2.45. The number of rotatable bonds is 4. The molecule has 0 saturated carbocycles. The summed E-state index contributed by atoms with van der Waals surface area (Å²) in [5, 5.41) is 9.43. The van der Waals surface area contributed by atoms with Crippen LogP contribution in [0.25, 0.3) is 0 Å². The van der Waals surface area contributed by atoms with Gasteiger partial charge in [-0.15, -0.1) is 0 Å². The van der Waals surface area contributed by atoms with Crippen LogP contribution < -0.4 is 4.74 Å². The smallest absolute Gasteiger partial charge is 0.312 e. The van der Waals surface area contributed by atoms with E-state index in [1.54, 1.807) is 12.1 Å². The van der Waals surface area contributed by atoms with Crippen LogP contribution in [0.2, 0.25) is 0 Å². The average Bonchev–Trinajstić information content (AvgIpc) is 2.42. The highest BCUT2D eigenvalue weighted by Crippen LogP contribution is 2.35. The van der Waals surface area contributed by atoms with E-state index < -0.39 is 17.2 Å². The van der Waals surface area contributed by atoms with Crippen LogP contribution in [0, 0.1) is 11.2 Å². The van der Waals surface area contributed by atoms with Gasteiger partial charge in [0.25, 0.3) is 0 Å². The molecule has 19 heavy (non-hydrogen) atoms. The Morgan fingerprint density at radius 3 is 2.95 bits per heavy atom. The van der Waals surface area contributed by atoms with Crippen LogP contribution >= 0.6 is 0 Å². The lowest BCUT2D eigenvalue weighted by molar-refractivity contribution is -0.157. The minimum atomic E-state index is -1.04. The standard InChI is InChI=1S/C14H17FO4/c1-18-11-5-2-4-10(12(11)15)8-14(13(16)17)6-3-7-19-9-14/h2,4-5H,3,6-9H2,1H3,(H,16,17). The maximum atomic E-state index is 14.1. The predicted molar refractivity (Wildman–Crippen MR) is 66.8 cm³/mol. The Morgan fingerprint density at radius 2 is 2.37 bits per heavy atom. The van der Waals surface area contributed by atoms with E-state index in [0.29, 0.717) is 25.0 Å². The van der Waals surface area contributed by atoms with Crippen molar-refractivity contribution >= 4 is 5.97 Å². The number of aliphatic carboxylic acids is 1. The molecular formula is C14H17FO4. The van der Waals surface area contributed by atoms with Crippen molar-refractivity contribution in [3.05, 3.63) is 29.6 Å². The molecular weight excluding hydrogens is 251 g/mol. The third kappa shape index (κ3) is 2.71. The Balaban J connectivity index is 2.29. The first-order valence-corrected chi connectivity index (χ1v) is 6.21. The van der Waals surface area contributed by atoms with Crippen molar-refractivity contribution in [1.82, 2.24) is 0 Å². The second-order valence-electron chi connectivity index (χ2n) is 4.85. The molecule has 1 aromatic carbocycles. The van der Waals surface area contributed by atoms with Crippen molar-refractivity contribution in [2.24, 2.45) is 5.41 Å². The highest BCUT2D eigenvalue weighted by Gasteiger charge is 2.41. The van der Waals surface area contributed by atoms with Crippen LogP contribution in [0.3, 0.4) is 0 Å². The second kappa shape index (κ2) is 5.57. The lowest BCUT2D eigenvalue weighted by Gasteiger charge is -2.33. The van der Waals surface area contributed by atoms with Gasteiger partial charge in [0.1, 0.15) is 0 Å². The second-order valence-corrected chi connectivity index (χ2v) is 4.85.